The fraction of sp³-hybridized carbons (Fsp3) is 0.438. The van der Waals surface area contributed by atoms with E-state index < -0.39 is 0 Å². The van der Waals surface area contributed by atoms with Crippen LogP contribution < -0.4 is 5.32 Å². The number of ketones is 1. The predicted molar refractivity (Wildman–Crippen MR) is 77.4 cm³/mol. The monoisotopic (exact) mass is 274 g/mol. The van der Waals surface area contributed by atoms with E-state index in [1.807, 2.05) is 0 Å². The summed E-state index contributed by atoms with van der Waals surface area (Å²) in [4.78, 5) is 15.7. The quantitative estimate of drug-likeness (QED) is 0.840. The minimum Gasteiger partial charge on any atom is -0.359 e. The Morgan fingerprint density at radius 3 is 3.00 bits per heavy atom. The Morgan fingerprint density at radius 2 is 2.30 bits per heavy atom. The molecule has 0 spiro atoms. The Kier molecular flexibility index (Phi) is 3.34. The minimum atomic E-state index is -0.356. The zero-order valence-corrected chi connectivity index (χ0v) is 11.6. The van der Waals surface area contributed by atoms with Crippen LogP contribution in [-0.2, 0) is 0 Å². The Bertz CT molecular complexity index is 641. The van der Waals surface area contributed by atoms with Crippen molar-refractivity contribution in [3.63, 3.8) is 0 Å². The van der Waals surface area contributed by atoms with Crippen molar-refractivity contribution in [2.75, 3.05) is 13.1 Å². The Balaban J connectivity index is 2.02. The highest BCUT2D eigenvalue weighted by Gasteiger charge is 2.40. The van der Waals surface area contributed by atoms with Crippen LogP contribution in [0.3, 0.4) is 0 Å². The number of hydrogen-bond acceptors (Lipinski definition) is 2. The number of Topliss-reactive ketones (excluding diaryl/α,β-unsaturated/α-hetero) is 1. The summed E-state index contributed by atoms with van der Waals surface area (Å²) in [6.07, 6.45) is 4.35. The average Bonchev–Trinajstić information content (AvgIpc) is 3.07. The van der Waals surface area contributed by atoms with Gasteiger partial charge in [-0.1, -0.05) is 13.3 Å². The van der Waals surface area contributed by atoms with Crippen LogP contribution in [0.25, 0.3) is 10.9 Å². The lowest BCUT2D eigenvalue weighted by Crippen LogP contribution is -2.33. The zero-order valence-electron chi connectivity index (χ0n) is 11.6. The lowest BCUT2D eigenvalue weighted by atomic mass is 9.76. The molecular formula is C16H19FN2O. The van der Waals surface area contributed by atoms with Crippen molar-refractivity contribution in [3.05, 3.63) is 35.8 Å². The van der Waals surface area contributed by atoms with E-state index in [1.54, 1.807) is 18.3 Å². The molecule has 0 radical (unpaired) electrons. The second kappa shape index (κ2) is 5.02. The standard InChI is InChI=1S/C16H19FN2O/c1-2-4-16(5-7-18-10-16)15(20)12-8-11-3-6-19-14(11)13(17)9-12/h3,6,8-9,18-19H,2,4-5,7,10H2,1H3/t16-/m1/s1. The molecule has 4 heteroatoms. The third-order valence-corrected chi connectivity index (χ3v) is 4.33. The summed E-state index contributed by atoms with van der Waals surface area (Å²) in [7, 11) is 0. The highest BCUT2D eigenvalue weighted by Crippen LogP contribution is 2.35. The second-order valence-corrected chi connectivity index (χ2v) is 5.69. The van der Waals surface area contributed by atoms with Crippen LogP contribution in [0.15, 0.2) is 24.4 Å². The lowest BCUT2D eigenvalue weighted by molar-refractivity contribution is 0.0801. The van der Waals surface area contributed by atoms with Crippen molar-refractivity contribution in [1.82, 2.24) is 10.3 Å². The number of nitrogens with one attached hydrogen (secondary N) is 2. The Labute approximate surface area is 117 Å². The number of H-pyrrole nitrogens is 1. The van der Waals surface area contributed by atoms with Gasteiger partial charge in [-0.2, -0.15) is 0 Å². The van der Waals surface area contributed by atoms with Crippen molar-refractivity contribution >= 4 is 16.7 Å². The van der Waals surface area contributed by atoms with E-state index in [-0.39, 0.29) is 17.0 Å². The molecule has 0 amide bonds. The van der Waals surface area contributed by atoms with Crippen molar-refractivity contribution < 1.29 is 9.18 Å². The number of carbonyl (C=O) groups excluding carboxylic acids is 1. The van der Waals surface area contributed by atoms with E-state index in [0.29, 0.717) is 17.6 Å². The van der Waals surface area contributed by atoms with Crippen LogP contribution in [0.4, 0.5) is 4.39 Å². The average molecular weight is 274 g/mol. The molecule has 3 nitrogen and oxygen atoms in total. The van der Waals surface area contributed by atoms with Crippen LogP contribution >= 0.6 is 0 Å². The third kappa shape index (κ3) is 2.04. The molecule has 2 N–H and O–H groups in total. The van der Waals surface area contributed by atoms with E-state index in [9.17, 15) is 9.18 Å². The first-order chi connectivity index (χ1) is 9.66. The molecule has 20 heavy (non-hydrogen) atoms. The number of hydrogen-bond donors (Lipinski definition) is 2. The predicted octanol–water partition coefficient (Wildman–Crippen LogP) is 3.27. The highest BCUT2D eigenvalue weighted by molar-refractivity contribution is 6.03. The first-order valence-corrected chi connectivity index (χ1v) is 7.18. The fourth-order valence-corrected chi connectivity index (χ4v) is 3.31. The van der Waals surface area contributed by atoms with Crippen LogP contribution in [0, 0.1) is 11.2 Å². The van der Waals surface area contributed by atoms with Crippen LogP contribution in [-0.4, -0.2) is 23.9 Å². The molecule has 2 heterocycles. The summed E-state index contributed by atoms with van der Waals surface area (Å²) >= 11 is 0. The Hall–Kier alpha value is -1.68. The summed E-state index contributed by atoms with van der Waals surface area (Å²) in [6.45, 7) is 3.65. The van der Waals surface area contributed by atoms with Crippen molar-refractivity contribution in [2.24, 2.45) is 5.41 Å². The fourth-order valence-electron chi connectivity index (χ4n) is 3.31. The van der Waals surface area contributed by atoms with Gasteiger partial charge >= 0.3 is 0 Å². The number of rotatable bonds is 4. The smallest absolute Gasteiger partial charge is 0.170 e. The summed E-state index contributed by atoms with van der Waals surface area (Å²) in [6, 6.07) is 4.97. The number of fused-ring (bicyclic) bond motifs is 1. The van der Waals surface area contributed by atoms with E-state index in [1.165, 1.54) is 6.07 Å². The number of aromatic amines is 1. The molecule has 1 saturated heterocycles. The van der Waals surface area contributed by atoms with E-state index in [4.69, 9.17) is 0 Å². The molecule has 106 valence electrons. The van der Waals surface area contributed by atoms with Gasteiger partial charge in [0.25, 0.3) is 0 Å². The van der Waals surface area contributed by atoms with Gasteiger partial charge in [-0.05, 0) is 37.6 Å². The lowest BCUT2D eigenvalue weighted by Gasteiger charge is -2.26. The highest BCUT2D eigenvalue weighted by atomic mass is 19.1. The first-order valence-electron chi connectivity index (χ1n) is 7.18. The van der Waals surface area contributed by atoms with Crippen molar-refractivity contribution in [1.29, 1.82) is 0 Å². The minimum absolute atomic E-state index is 0.0753. The van der Waals surface area contributed by atoms with E-state index in [0.717, 1.165) is 31.2 Å². The van der Waals surface area contributed by atoms with Gasteiger partial charge in [0.05, 0.1) is 5.52 Å². The Morgan fingerprint density at radius 1 is 1.45 bits per heavy atom. The van der Waals surface area contributed by atoms with Crippen molar-refractivity contribution in [3.8, 4) is 0 Å². The normalized spacial score (nSPS) is 22.5. The van der Waals surface area contributed by atoms with Crippen LogP contribution in [0.1, 0.15) is 36.5 Å². The molecule has 1 aromatic heterocycles. The number of carbonyl (C=O) groups is 1. The largest absolute Gasteiger partial charge is 0.359 e. The topological polar surface area (TPSA) is 44.9 Å². The van der Waals surface area contributed by atoms with Gasteiger partial charge in [0, 0.05) is 29.1 Å². The van der Waals surface area contributed by atoms with Gasteiger partial charge in [-0.3, -0.25) is 4.79 Å². The van der Waals surface area contributed by atoms with Gasteiger partial charge in [0.15, 0.2) is 5.78 Å². The number of benzene rings is 1. The molecule has 1 aliphatic rings. The maximum absolute atomic E-state index is 14.0. The first kappa shape index (κ1) is 13.3. The molecular weight excluding hydrogens is 255 g/mol. The van der Waals surface area contributed by atoms with Crippen LogP contribution in [0.5, 0.6) is 0 Å². The zero-order chi connectivity index (χ0) is 14.2. The third-order valence-electron chi connectivity index (χ3n) is 4.33. The molecule has 3 rings (SSSR count). The molecule has 1 aromatic carbocycles. The molecule has 1 atom stereocenters. The SMILES string of the molecule is CCC[C@@]1(C(=O)c2cc(F)c3[nH]ccc3c2)CCNC1. The summed E-state index contributed by atoms with van der Waals surface area (Å²) in [5, 5.41) is 4.03. The van der Waals surface area contributed by atoms with Gasteiger partial charge in [0.2, 0.25) is 0 Å². The van der Waals surface area contributed by atoms with E-state index >= 15 is 0 Å². The summed E-state index contributed by atoms with van der Waals surface area (Å²) in [5.41, 5.74) is 0.605. The van der Waals surface area contributed by atoms with Gasteiger partial charge in [-0.25, -0.2) is 4.39 Å². The second-order valence-electron chi connectivity index (χ2n) is 5.69. The van der Waals surface area contributed by atoms with Crippen LogP contribution in [0.2, 0.25) is 0 Å². The molecule has 0 aliphatic carbocycles. The molecule has 1 fully saturated rings. The molecule has 2 aromatic rings. The molecule has 0 saturated carbocycles. The maximum Gasteiger partial charge on any atom is 0.170 e. The maximum atomic E-state index is 14.0. The van der Waals surface area contributed by atoms with Crippen molar-refractivity contribution in [2.45, 2.75) is 26.2 Å². The number of halogens is 1. The van der Waals surface area contributed by atoms with Gasteiger partial charge < -0.3 is 10.3 Å². The molecule has 0 bridgehead atoms. The molecule has 1 aliphatic heterocycles. The summed E-state index contributed by atoms with van der Waals surface area (Å²) < 4.78 is 14.0. The van der Waals surface area contributed by atoms with Gasteiger partial charge in [0.1, 0.15) is 5.82 Å². The summed E-state index contributed by atoms with van der Waals surface area (Å²) in [5.74, 6) is -0.278. The number of aromatic nitrogens is 1. The molecule has 0 unspecified atom stereocenters. The van der Waals surface area contributed by atoms with E-state index in [2.05, 4.69) is 17.2 Å². The van der Waals surface area contributed by atoms with Gasteiger partial charge in [-0.15, -0.1) is 0 Å².